The van der Waals surface area contributed by atoms with Gasteiger partial charge in [-0.15, -0.1) is 0 Å². The highest BCUT2D eigenvalue weighted by atomic mass is 16.5. The second kappa shape index (κ2) is 6.10. The van der Waals surface area contributed by atoms with E-state index in [1.165, 1.54) is 7.11 Å². The quantitative estimate of drug-likeness (QED) is 0.686. The molecule has 0 atom stereocenters. The lowest BCUT2D eigenvalue weighted by molar-refractivity contribution is 0.0600. The molecule has 2 N–H and O–H groups in total. The molecule has 0 bridgehead atoms. The fourth-order valence-electron chi connectivity index (χ4n) is 1.78. The van der Waals surface area contributed by atoms with Crippen LogP contribution in [0, 0.1) is 6.92 Å². The zero-order chi connectivity index (χ0) is 14.5. The Labute approximate surface area is 118 Å². The summed E-state index contributed by atoms with van der Waals surface area (Å²) in [5, 5.41) is 0. The summed E-state index contributed by atoms with van der Waals surface area (Å²) < 4.78 is 10.3. The predicted molar refractivity (Wildman–Crippen MR) is 77.7 cm³/mol. The fraction of sp³-hybridized carbons (Fsp3) is 0.188. The van der Waals surface area contributed by atoms with Gasteiger partial charge in [-0.1, -0.05) is 18.2 Å². The van der Waals surface area contributed by atoms with Crippen LogP contribution in [0.3, 0.4) is 0 Å². The van der Waals surface area contributed by atoms with Crippen molar-refractivity contribution in [3.63, 3.8) is 0 Å². The van der Waals surface area contributed by atoms with Crippen molar-refractivity contribution in [2.24, 2.45) is 0 Å². The maximum Gasteiger partial charge on any atom is 0.337 e. The number of carbonyl (C=O) groups excluding carboxylic acids is 1. The van der Waals surface area contributed by atoms with Gasteiger partial charge in [0.15, 0.2) is 0 Å². The number of benzene rings is 2. The molecule has 20 heavy (non-hydrogen) atoms. The summed E-state index contributed by atoms with van der Waals surface area (Å²) >= 11 is 0. The molecule has 4 heteroatoms. The number of anilines is 1. The first kappa shape index (κ1) is 13.9. The summed E-state index contributed by atoms with van der Waals surface area (Å²) in [4.78, 5) is 11.3. The molecule has 0 spiro atoms. The topological polar surface area (TPSA) is 61.5 Å². The number of hydrogen-bond acceptors (Lipinski definition) is 4. The van der Waals surface area contributed by atoms with Gasteiger partial charge in [0, 0.05) is 0 Å². The van der Waals surface area contributed by atoms with Crippen molar-refractivity contribution in [1.82, 2.24) is 0 Å². The number of nitrogen functional groups attached to an aromatic ring is 1. The lowest BCUT2D eigenvalue weighted by Gasteiger charge is -2.10. The molecular formula is C16H17NO3. The minimum atomic E-state index is -0.347. The molecule has 0 unspecified atom stereocenters. The number of nitrogens with two attached hydrogens (primary N) is 1. The van der Waals surface area contributed by atoms with Crippen molar-refractivity contribution < 1.29 is 14.3 Å². The van der Waals surface area contributed by atoms with Crippen LogP contribution in [-0.2, 0) is 11.3 Å². The third kappa shape index (κ3) is 3.29. The molecule has 104 valence electrons. The van der Waals surface area contributed by atoms with Crippen LogP contribution >= 0.6 is 0 Å². The van der Waals surface area contributed by atoms with Crippen LogP contribution in [0.1, 0.15) is 21.5 Å². The Bertz CT molecular complexity index is 606. The molecule has 0 aromatic heterocycles. The summed E-state index contributed by atoms with van der Waals surface area (Å²) in [5.74, 6) is 0.322. The van der Waals surface area contributed by atoms with E-state index in [2.05, 4.69) is 4.74 Å². The van der Waals surface area contributed by atoms with Gasteiger partial charge in [-0.2, -0.15) is 0 Å². The van der Waals surface area contributed by atoms with E-state index in [1.807, 2.05) is 37.3 Å². The van der Waals surface area contributed by atoms with Gasteiger partial charge in [0.25, 0.3) is 0 Å². The van der Waals surface area contributed by atoms with Gasteiger partial charge in [-0.25, -0.2) is 4.79 Å². The molecule has 0 saturated carbocycles. The maximum atomic E-state index is 11.3. The van der Waals surface area contributed by atoms with E-state index in [4.69, 9.17) is 10.5 Å². The molecule has 0 heterocycles. The second-order valence-corrected chi connectivity index (χ2v) is 4.52. The number of methoxy groups -OCH3 is 1. The molecule has 2 rings (SSSR count). The normalized spacial score (nSPS) is 10.1. The monoisotopic (exact) mass is 271 g/mol. The van der Waals surface area contributed by atoms with Gasteiger partial charge in [0.05, 0.1) is 18.4 Å². The van der Waals surface area contributed by atoms with Crippen LogP contribution in [0.4, 0.5) is 5.69 Å². The summed E-state index contributed by atoms with van der Waals surface area (Å²) in [6.07, 6.45) is 0. The van der Waals surface area contributed by atoms with Crippen LogP contribution in [0.25, 0.3) is 0 Å². The fourth-order valence-corrected chi connectivity index (χ4v) is 1.78. The number of aryl methyl sites for hydroxylation is 1. The number of carbonyl (C=O) groups is 1. The number of hydrogen-bond donors (Lipinski definition) is 1. The summed E-state index contributed by atoms with van der Waals surface area (Å²) in [5.41, 5.74) is 9.03. The van der Waals surface area contributed by atoms with E-state index in [0.29, 0.717) is 23.6 Å². The number of esters is 1. The van der Waals surface area contributed by atoms with Crippen LogP contribution in [0.5, 0.6) is 5.75 Å². The summed E-state index contributed by atoms with van der Waals surface area (Å²) in [6.45, 7) is 2.38. The highest BCUT2D eigenvalue weighted by Crippen LogP contribution is 2.23. The van der Waals surface area contributed by atoms with Gasteiger partial charge in [0.1, 0.15) is 12.4 Å². The molecular weight excluding hydrogens is 254 g/mol. The summed E-state index contributed by atoms with van der Waals surface area (Å²) in [7, 11) is 1.36. The van der Waals surface area contributed by atoms with Crippen LogP contribution in [-0.4, -0.2) is 13.1 Å². The van der Waals surface area contributed by atoms with Crippen LogP contribution < -0.4 is 10.5 Å². The Kier molecular flexibility index (Phi) is 4.25. The van der Waals surface area contributed by atoms with Gasteiger partial charge < -0.3 is 15.2 Å². The molecule has 0 saturated heterocycles. The average molecular weight is 271 g/mol. The number of ether oxygens (including phenoxy) is 2. The zero-order valence-electron chi connectivity index (χ0n) is 11.6. The summed E-state index contributed by atoms with van der Waals surface area (Å²) in [6, 6.07) is 12.8. The SMILES string of the molecule is COC(=O)c1ccc(COc2cc(C)ccc2N)cc1. The van der Waals surface area contributed by atoms with Crippen LogP contribution in [0.15, 0.2) is 42.5 Å². The van der Waals surface area contributed by atoms with Gasteiger partial charge in [-0.3, -0.25) is 0 Å². The standard InChI is InChI=1S/C16H17NO3/c1-11-3-8-14(17)15(9-11)20-10-12-4-6-13(7-5-12)16(18)19-2/h3-9H,10,17H2,1-2H3. The Morgan fingerprint density at radius 2 is 1.85 bits per heavy atom. The van der Waals surface area contributed by atoms with Gasteiger partial charge in [0.2, 0.25) is 0 Å². The highest BCUT2D eigenvalue weighted by Gasteiger charge is 2.05. The van der Waals surface area contributed by atoms with Crippen molar-refractivity contribution >= 4 is 11.7 Å². The van der Waals surface area contributed by atoms with Crippen molar-refractivity contribution in [2.45, 2.75) is 13.5 Å². The van der Waals surface area contributed by atoms with E-state index in [9.17, 15) is 4.79 Å². The second-order valence-electron chi connectivity index (χ2n) is 4.52. The van der Waals surface area contributed by atoms with Gasteiger partial charge >= 0.3 is 5.97 Å². The minimum Gasteiger partial charge on any atom is -0.487 e. The zero-order valence-corrected chi connectivity index (χ0v) is 11.6. The van der Waals surface area contributed by atoms with E-state index in [-0.39, 0.29) is 5.97 Å². The molecule has 0 fully saturated rings. The molecule has 4 nitrogen and oxygen atoms in total. The maximum absolute atomic E-state index is 11.3. The highest BCUT2D eigenvalue weighted by molar-refractivity contribution is 5.89. The van der Waals surface area contributed by atoms with Crippen LogP contribution in [0.2, 0.25) is 0 Å². The largest absolute Gasteiger partial charge is 0.487 e. The smallest absolute Gasteiger partial charge is 0.337 e. The third-order valence-electron chi connectivity index (χ3n) is 2.94. The molecule has 0 amide bonds. The Hall–Kier alpha value is -2.49. The molecule has 0 aliphatic rings. The van der Waals surface area contributed by atoms with E-state index < -0.39 is 0 Å². The molecule has 0 radical (unpaired) electrons. The molecule has 2 aromatic carbocycles. The first-order valence-electron chi connectivity index (χ1n) is 6.26. The lowest BCUT2D eigenvalue weighted by Crippen LogP contribution is -2.02. The first-order chi connectivity index (χ1) is 9.60. The van der Waals surface area contributed by atoms with E-state index in [1.54, 1.807) is 12.1 Å². The Morgan fingerprint density at radius 1 is 1.15 bits per heavy atom. The van der Waals surface area contributed by atoms with Crippen molar-refractivity contribution in [1.29, 1.82) is 0 Å². The van der Waals surface area contributed by atoms with Crippen molar-refractivity contribution in [3.8, 4) is 5.75 Å². The average Bonchev–Trinajstić information content (AvgIpc) is 2.48. The minimum absolute atomic E-state index is 0.347. The van der Waals surface area contributed by atoms with Crippen molar-refractivity contribution in [2.75, 3.05) is 12.8 Å². The third-order valence-corrected chi connectivity index (χ3v) is 2.94. The molecule has 0 aliphatic heterocycles. The number of rotatable bonds is 4. The van der Waals surface area contributed by atoms with E-state index in [0.717, 1.165) is 11.1 Å². The lowest BCUT2D eigenvalue weighted by atomic mass is 10.1. The predicted octanol–water partition coefficient (Wildman–Crippen LogP) is 2.94. The van der Waals surface area contributed by atoms with Gasteiger partial charge in [-0.05, 0) is 42.3 Å². The van der Waals surface area contributed by atoms with Crippen molar-refractivity contribution in [3.05, 3.63) is 59.2 Å². The Balaban J connectivity index is 2.04. The molecule has 2 aromatic rings. The molecule has 0 aliphatic carbocycles. The Morgan fingerprint density at radius 3 is 2.50 bits per heavy atom. The first-order valence-corrected chi connectivity index (χ1v) is 6.26. The van der Waals surface area contributed by atoms with E-state index >= 15 is 0 Å².